The highest BCUT2D eigenvalue weighted by atomic mass is 16.2. The molecule has 0 heterocycles. The van der Waals surface area contributed by atoms with E-state index in [9.17, 15) is 9.59 Å². The molecular formula is C15H25N3O2. The summed E-state index contributed by atoms with van der Waals surface area (Å²) in [7, 11) is 3.92. The summed E-state index contributed by atoms with van der Waals surface area (Å²) in [6.07, 6.45) is 8.40. The largest absolute Gasteiger partial charge is 0.353 e. The Bertz CT molecular complexity index is 383. The second kappa shape index (κ2) is 6.88. The Morgan fingerprint density at radius 3 is 2.35 bits per heavy atom. The van der Waals surface area contributed by atoms with Gasteiger partial charge in [0.05, 0.1) is 0 Å². The molecule has 0 unspecified atom stereocenters. The molecule has 2 N–H and O–H groups in total. The minimum Gasteiger partial charge on any atom is -0.353 e. The lowest BCUT2D eigenvalue weighted by Crippen LogP contribution is -2.54. The second-order valence-electron chi connectivity index (χ2n) is 6.17. The zero-order valence-corrected chi connectivity index (χ0v) is 12.4. The average molecular weight is 279 g/mol. The van der Waals surface area contributed by atoms with E-state index in [4.69, 9.17) is 0 Å². The maximum absolute atomic E-state index is 11.7. The molecule has 112 valence electrons. The smallest absolute Gasteiger partial charge is 0.243 e. The summed E-state index contributed by atoms with van der Waals surface area (Å²) < 4.78 is 0. The van der Waals surface area contributed by atoms with Gasteiger partial charge in [-0.15, -0.1) is 0 Å². The first-order valence-corrected chi connectivity index (χ1v) is 7.46. The summed E-state index contributed by atoms with van der Waals surface area (Å²) in [4.78, 5) is 25.4. The van der Waals surface area contributed by atoms with Crippen molar-refractivity contribution in [3.8, 4) is 0 Å². The first-order chi connectivity index (χ1) is 9.54. The number of hydrogen-bond donors (Lipinski definition) is 2. The number of nitrogens with zero attached hydrogens (tertiary/aromatic N) is 1. The predicted molar refractivity (Wildman–Crippen MR) is 78.1 cm³/mol. The molecule has 2 amide bonds. The Kier molecular flexibility index (Phi) is 5.17. The van der Waals surface area contributed by atoms with E-state index in [0.29, 0.717) is 0 Å². The Morgan fingerprint density at radius 2 is 1.80 bits per heavy atom. The molecule has 0 aromatic rings. The van der Waals surface area contributed by atoms with Gasteiger partial charge in [-0.3, -0.25) is 9.59 Å². The third-order valence-electron chi connectivity index (χ3n) is 4.05. The quantitative estimate of drug-likeness (QED) is 0.703. The van der Waals surface area contributed by atoms with Crippen LogP contribution in [0.4, 0.5) is 0 Å². The number of likely N-dealkylation sites (N-methyl/N-ethyl adjacent to an activating group) is 1. The van der Waals surface area contributed by atoms with Crippen molar-refractivity contribution in [2.45, 2.75) is 44.2 Å². The fraction of sp³-hybridized carbons (Fsp3) is 0.733. The van der Waals surface area contributed by atoms with Crippen LogP contribution >= 0.6 is 0 Å². The van der Waals surface area contributed by atoms with Crippen molar-refractivity contribution < 1.29 is 9.59 Å². The number of carbonyl (C=O) groups excluding carboxylic acids is 2. The molecule has 20 heavy (non-hydrogen) atoms. The molecule has 0 bridgehead atoms. The number of hydrogen-bond acceptors (Lipinski definition) is 3. The molecular weight excluding hydrogens is 254 g/mol. The Balaban J connectivity index is 1.57. The van der Waals surface area contributed by atoms with E-state index < -0.39 is 0 Å². The van der Waals surface area contributed by atoms with E-state index in [2.05, 4.69) is 10.6 Å². The maximum atomic E-state index is 11.7. The van der Waals surface area contributed by atoms with Crippen molar-refractivity contribution in [2.24, 2.45) is 5.92 Å². The van der Waals surface area contributed by atoms with Crippen LogP contribution in [-0.4, -0.2) is 49.4 Å². The van der Waals surface area contributed by atoms with E-state index in [-0.39, 0.29) is 29.8 Å². The van der Waals surface area contributed by atoms with Crippen LogP contribution in [0.25, 0.3) is 0 Å². The molecule has 0 aliphatic heterocycles. The lowest BCUT2D eigenvalue weighted by molar-refractivity contribution is -0.128. The monoisotopic (exact) mass is 279 g/mol. The Labute approximate surface area is 120 Å². The van der Waals surface area contributed by atoms with Gasteiger partial charge in [0.15, 0.2) is 0 Å². The van der Waals surface area contributed by atoms with E-state index in [1.807, 2.05) is 25.1 Å². The maximum Gasteiger partial charge on any atom is 0.243 e. The lowest BCUT2D eigenvalue weighted by Gasteiger charge is -2.37. The predicted octanol–water partition coefficient (Wildman–Crippen LogP) is 0.668. The van der Waals surface area contributed by atoms with Crippen molar-refractivity contribution in [2.75, 3.05) is 20.6 Å². The highest BCUT2D eigenvalue weighted by Crippen LogP contribution is 2.28. The molecule has 5 nitrogen and oxygen atoms in total. The summed E-state index contributed by atoms with van der Waals surface area (Å²) >= 11 is 0. The fourth-order valence-corrected chi connectivity index (χ4v) is 2.46. The molecule has 0 aromatic carbocycles. The lowest BCUT2D eigenvalue weighted by atomic mass is 9.82. The zero-order chi connectivity index (χ0) is 14.5. The third kappa shape index (κ3) is 4.34. The van der Waals surface area contributed by atoms with Gasteiger partial charge >= 0.3 is 0 Å². The fourth-order valence-electron chi connectivity index (χ4n) is 2.46. The van der Waals surface area contributed by atoms with Gasteiger partial charge in [0.2, 0.25) is 11.8 Å². The molecule has 2 aliphatic carbocycles. The van der Waals surface area contributed by atoms with Crippen LogP contribution in [0.5, 0.6) is 0 Å². The molecule has 0 atom stereocenters. The average Bonchev–Trinajstić information content (AvgIpc) is 2.22. The van der Waals surface area contributed by atoms with Crippen molar-refractivity contribution in [1.82, 2.24) is 15.5 Å². The minimum absolute atomic E-state index is 0.0411. The first-order valence-electron chi connectivity index (χ1n) is 7.46. The van der Waals surface area contributed by atoms with Gasteiger partial charge < -0.3 is 15.5 Å². The number of rotatable bonds is 6. The molecule has 0 radical (unpaired) electrons. The summed E-state index contributed by atoms with van der Waals surface area (Å²) in [5, 5.41) is 6.02. The molecule has 5 heteroatoms. The van der Waals surface area contributed by atoms with Crippen LogP contribution in [-0.2, 0) is 9.59 Å². The molecule has 0 aromatic heterocycles. The Morgan fingerprint density at radius 1 is 1.15 bits per heavy atom. The van der Waals surface area contributed by atoms with Gasteiger partial charge in [-0.2, -0.15) is 0 Å². The highest BCUT2D eigenvalue weighted by Gasteiger charge is 2.33. The molecule has 2 fully saturated rings. The van der Waals surface area contributed by atoms with Gasteiger partial charge in [0.25, 0.3) is 0 Å². The number of carbonyl (C=O) groups is 2. The van der Waals surface area contributed by atoms with Crippen LogP contribution < -0.4 is 10.6 Å². The summed E-state index contributed by atoms with van der Waals surface area (Å²) in [5.41, 5.74) is 0. The molecule has 2 aliphatic rings. The standard InChI is InChI=1S/C15H25N3O2/c1-18(2)8-4-7-14(19)16-12-9-13(10-12)17-15(20)11-5-3-6-11/h4,7,11-13H,3,5-6,8-10H2,1-2H3,(H,16,19)(H,17,20)/b7-4+. The normalized spacial score (nSPS) is 26.1. The molecule has 2 saturated carbocycles. The summed E-state index contributed by atoms with van der Waals surface area (Å²) in [6, 6.07) is 0.456. The van der Waals surface area contributed by atoms with Crippen molar-refractivity contribution >= 4 is 11.8 Å². The van der Waals surface area contributed by atoms with E-state index in [1.165, 1.54) is 6.42 Å². The van der Waals surface area contributed by atoms with Crippen LogP contribution in [0.3, 0.4) is 0 Å². The third-order valence-corrected chi connectivity index (χ3v) is 4.05. The SMILES string of the molecule is CN(C)C/C=C/C(=O)NC1CC(NC(=O)C2CCC2)C1. The van der Waals surface area contributed by atoms with E-state index in [0.717, 1.165) is 32.2 Å². The van der Waals surface area contributed by atoms with Crippen LogP contribution in [0.2, 0.25) is 0 Å². The van der Waals surface area contributed by atoms with Crippen molar-refractivity contribution in [1.29, 1.82) is 0 Å². The second-order valence-corrected chi connectivity index (χ2v) is 6.17. The van der Waals surface area contributed by atoms with E-state index >= 15 is 0 Å². The van der Waals surface area contributed by atoms with Gasteiger partial charge in [0, 0.05) is 30.6 Å². The van der Waals surface area contributed by atoms with Gasteiger partial charge in [0.1, 0.15) is 0 Å². The molecule has 0 spiro atoms. The number of amides is 2. The van der Waals surface area contributed by atoms with Crippen molar-refractivity contribution in [3.05, 3.63) is 12.2 Å². The zero-order valence-electron chi connectivity index (χ0n) is 12.4. The van der Waals surface area contributed by atoms with Crippen LogP contribution in [0.15, 0.2) is 12.2 Å². The van der Waals surface area contributed by atoms with Crippen molar-refractivity contribution in [3.63, 3.8) is 0 Å². The topological polar surface area (TPSA) is 61.4 Å². The van der Waals surface area contributed by atoms with Crippen LogP contribution in [0, 0.1) is 5.92 Å². The minimum atomic E-state index is -0.0411. The first kappa shape index (κ1) is 15.0. The molecule has 0 saturated heterocycles. The summed E-state index contributed by atoms with van der Waals surface area (Å²) in [5.74, 6) is 0.412. The molecule has 2 rings (SSSR count). The van der Waals surface area contributed by atoms with Gasteiger partial charge in [-0.25, -0.2) is 0 Å². The van der Waals surface area contributed by atoms with Gasteiger partial charge in [-0.05, 0) is 39.8 Å². The van der Waals surface area contributed by atoms with Crippen LogP contribution in [0.1, 0.15) is 32.1 Å². The highest BCUT2D eigenvalue weighted by molar-refractivity contribution is 5.87. The number of nitrogens with one attached hydrogen (secondary N) is 2. The van der Waals surface area contributed by atoms with E-state index in [1.54, 1.807) is 6.08 Å². The Hall–Kier alpha value is -1.36. The summed E-state index contributed by atoms with van der Waals surface area (Å²) in [6.45, 7) is 0.762. The van der Waals surface area contributed by atoms with Gasteiger partial charge in [-0.1, -0.05) is 12.5 Å².